The molecule has 1 aliphatic rings. The largest absolute Gasteiger partial charge is 0.312 e. The lowest BCUT2D eigenvalue weighted by Gasteiger charge is -2.44. The normalized spacial score (nSPS) is 20.8. The second-order valence-electron chi connectivity index (χ2n) is 6.64. The number of nitrogens with zero attached hydrogens (tertiary/aromatic N) is 1. The maximum Gasteiger partial charge on any atom is 0.0356 e. The highest BCUT2D eigenvalue weighted by Gasteiger charge is 2.42. The standard InChI is InChI=1S/C16H34N2/c1-6-17-15(11-9-10-14(2)3)16(18(4)5)12-7-8-13-16/h14-15,17H,6-13H2,1-5H3. The van der Waals surface area contributed by atoms with Crippen LogP contribution in [0.3, 0.4) is 0 Å². The zero-order valence-corrected chi connectivity index (χ0v) is 13.3. The van der Waals surface area contributed by atoms with E-state index in [-0.39, 0.29) is 0 Å². The van der Waals surface area contributed by atoms with Gasteiger partial charge >= 0.3 is 0 Å². The second kappa shape index (κ2) is 7.49. The van der Waals surface area contributed by atoms with Gasteiger partial charge in [-0.1, -0.05) is 46.5 Å². The average Bonchev–Trinajstić information content (AvgIpc) is 2.77. The van der Waals surface area contributed by atoms with Gasteiger partial charge in [-0.25, -0.2) is 0 Å². The highest BCUT2D eigenvalue weighted by atomic mass is 15.2. The maximum atomic E-state index is 3.78. The van der Waals surface area contributed by atoms with E-state index in [1.54, 1.807) is 0 Å². The summed E-state index contributed by atoms with van der Waals surface area (Å²) in [7, 11) is 4.55. The first kappa shape index (κ1) is 16.0. The summed E-state index contributed by atoms with van der Waals surface area (Å²) < 4.78 is 0. The molecule has 108 valence electrons. The molecule has 1 N–H and O–H groups in total. The molecule has 0 aromatic carbocycles. The van der Waals surface area contributed by atoms with Crippen LogP contribution in [0.2, 0.25) is 0 Å². The predicted molar refractivity (Wildman–Crippen MR) is 81.0 cm³/mol. The van der Waals surface area contributed by atoms with Gasteiger partial charge in [0.2, 0.25) is 0 Å². The van der Waals surface area contributed by atoms with E-state index in [1.165, 1.54) is 44.9 Å². The van der Waals surface area contributed by atoms with E-state index in [1.807, 2.05) is 0 Å². The Morgan fingerprint density at radius 2 is 1.72 bits per heavy atom. The van der Waals surface area contributed by atoms with Gasteiger partial charge in [-0.2, -0.15) is 0 Å². The first-order chi connectivity index (χ1) is 8.53. The first-order valence-corrected chi connectivity index (χ1v) is 7.93. The van der Waals surface area contributed by atoms with Gasteiger partial charge in [0, 0.05) is 11.6 Å². The summed E-state index contributed by atoms with van der Waals surface area (Å²) in [5.41, 5.74) is 0.424. The van der Waals surface area contributed by atoms with E-state index in [0.29, 0.717) is 11.6 Å². The van der Waals surface area contributed by atoms with Gasteiger partial charge in [0.25, 0.3) is 0 Å². The monoisotopic (exact) mass is 254 g/mol. The highest BCUT2D eigenvalue weighted by molar-refractivity contribution is 5.01. The highest BCUT2D eigenvalue weighted by Crippen LogP contribution is 2.38. The Labute approximate surface area is 115 Å². The Hall–Kier alpha value is -0.0800. The smallest absolute Gasteiger partial charge is 0.0356 e. The molecule has 0 heterocycles. The molecule has 1 unspecified atom stereocenters. The Morgan fingerprint density at radius 3 is 2.17 bits per heavy atom. The zero-order chi connectivity index (χ0) is 13.6. The second-order valence-corrected chi connectivity index (χ2v) is 6.64. The van der Waals surface area contributed by atoms with Crippen molar-refractivity contribution in [1.29, 1.82) is 0 Å². The molecule has 1 saturated carbocycles. The molecular formula is C16H34N2. The van der Waals surface area contributed by atoms with Crippen LogP contribution in [0.4, 0.5) is 0 Å². The van der Waals surface area contributed by atoms with E-state index < -0.39 is 0 Å². The Bertz CT molecular complexity index is 217. The first-order valence-electron chi connectivity index (χ1n) is 7.93. The topological polar surface area (TPSA) is 15.3 Å². The molecule has 0 aliphatic heterocycles. The van der Waals surface area contributed by atoms with Crippen LogP contribution in [-0.4, -0.2) is 37.1 Å². The average molecular weight is 254 g/mol. The summed E-state index contributed by atoms with van der Waals surface area (Å²) in [5.74, 6) is 0.839. The molecule has 1 fully saturated rings. The van der Waals surface area contributed by atoms with Crippen LogP contribution in [0, 0.1) is 5.92 Å². The van der Waals surface area contributed by atoms with E-state index in [9.17, 15) is 0 Å². The van der Waals surface area contributed by atoms with Crippen LogP contribution >= 0.6 is 0 Å². The molecule has 18 heavy (non-hydrogen) atoms. The molecule has 0 spiro atoms. The van der Waals surface area contributed by atoms with Crippen molar-refractivity contribution < 1.29 is 0 Å². The fraction of sp³-hybridized carbons (Fsp3) is 1.00. The van der Waals surface area contributed by atoms with Crippen LogP contribution in [0.15, 0.2) is 0 Å². The number of nitrogens with one attached hydrogen (secondary N) is 1. The van der Waals surface area contributed by atoms with Gasteiger partial charge in [-0.05, 0) is 45.8 Å². The molecule has 0 saturated heterocycles. The van der Waals surface area contributed by atoms with E-state index in [2.05, 4.69) is 45.1 Å². The minimum absolute atomic E-state index is 0.424. The summed E-state index contributed by atoms with van der Waals surface area (Å²) in [4.78, 5) is 2.50. The third kappa shape index (κ3) is 3.96. The molecule has 0 bridgehead atoms. The molecule has 0 aromatic heterocycles. The van der Waals surface area contributed by atoms with Crippen LogP contribution in [0.5, 0.6) is 0 Å². The Morgan fingerprint density at radius 1 is 1.11 bits per heavy atom. The van der Waals surface area contributed by atoms with Crippen molar-refractivity contribution in [1.82, 2.24) is 10.2 Å². The predicted octanol–water partition coefficient (Wildman–Crippen LogP) is 3.67. The van der Waals surface area contributed by atoms with Crippen molar-refractivity contribution in [2.75, 3.05) is 20.6 Å². The molecule has 0 radical (unpaired) electrons. The number of rotatable bonds is 8. The lowest BCUT2D eigenvalue weighted by Crippen LogP contribution is -2.57. The summed E-state index contributed by atoms with van der Waals surface area (Å²) in [6.07, 6.45) is 9.63. The van der Waals surface area contributed by atoms with Crippen molar-refractivity contribution in [2.45, 2.75) is 77.3 Å². The van der Waals surface area contributed by atoms with Gasteiger partial charge in [0.1, 0.15) is 0 Å². The minimum atomic E-state index is 0.424. The summed E-state index contributed by atoms with van der Waals surface area (Å²) >= 11 is 0. The van der Waals surface area contributed by atoms with Crippen molar-refractivity contribution in [3.8, 4) is 0 Å². The molecule has 1 atom stereocenters. The van der Waals surface area contributed by atoms with Crippen LogP contribution in [-0.2, 0) is 0 Å². The van der Waals surface area contributed by atoms with Crippen molar-refractivity contribution >= 4 is 0 Å². The van der Waals surface area contributed by atoms with Crippen molar-refractivity contribution in [3.05, 3.63) is 0 Å². The lowest BCUT2D eigenvalue weighted by atomic mass is 9.83. The van der Waals surface area contributed by atoms with Gasteiger partial charge in [-0.15, -0.1) is 0 Å². The summed E-state index contributed by atoms with van der Waals surface area (Å²) in [5, 5.41) is 3.78. The van der Waals surface area contributed by atoms with Crippen LogP contribution in [0.1, 0.15) is 65.7 Å². The molecule has 1 aliphatic carbocycles. The third-order valence-corrected chi connectivity index (χ3v) is 4.73. The number of hydrogen-bond donors (Lipinski definition) is 1. The molecule has 1 rings (SSSR count). The maximum absolute atomic E-state index is 3.78. The van der Waals surface area contributed by atoms with Crippen LogP contribution < -0.4 is 5.32 Å². The quantitative estimate of drug-likeness (QED) is 0.711. The molecule has 2 nitrogen and oxygen atoms in total. The Kier molecular flexibility index (Phi) is 6.65. The third-order valence-electron chi connectivity index (χ3n) is 4.73. The van der Waals surface area contributed by atoms with E-state index in [0.717, 1.165) is 12.5 Å². The fourth-order valence-electron chi connectivity index (χ4n) is 3.63. The van der Waals surface area contributed by atoms with Crippen molar-refractivity contribution in [3.63, 3.8) is 0 Å². The lowest BCUT2D eigenvalue weighted by molar-refractivity contribution is 0.0988. The van der Waals surface area contributed by atoms with Crippen LogP contribution in [0.25, 0.3) is 0 Å². The van der Waals surface area contributed by atoms with Gasteiger partial charge < -0.3 is 10.2 Å². The number of likely N-dealkylation sites (N-methyl/N-ethyl adjacent to an activating group) is 2. The van der Waals surface area contributed by atoms with Gasteiger partial charge in [0.15, 0.2) is 0 Å². The molecular weight excluding hydrogens is 220 g/mol. The summed E-state index contributed by atoms with van der Waals surface area (Å²) in [6, 6.07) is 0.679. The minimum Gasteiger partial charge on any atom is -0.312 e. The molecule has 2 heteroatoms. The molecule has 0 aromatic rings. The SMILES string of the molecule is CCNC(CCCC(C)C)C1(N(C)C)CCCC1. The van der Waals surface area contributed by atoms with Crippen molar-refractivity contribution in [2.24, 2.45) is 5.92 Å². The van der Waals surface area contributed by atoms with Gasteiger partial charge in [-0.3, -0.25) is 0 Å². The molecule has 0 amide bonds. The van der Waals surface area contributed by atoms with Gasteiger partial charge in [0.05, 0.1) is 0 Å². The van der Waals surface area contributed by atoms with E-state index >= 15 is 0 Å². The Balaban J connectivity index is 2.62. The summed E-state index contributed by atoms with van der Waals surface area (Å²) in [6.45, 7) is 8.01. The van der Waals surface area contributed by atoms with E-state index in [4.69, 9.17) is 0 Å². The fourth-order valence-corrected chi connectivity index (χ4v) is 3.63. The zero-order valence-electron chi connectivity index (χ0n) is 13.3. The number of hydrogen-bond acceptors (Lipinski definition) is 2.